The van der Waals surface area contributed by atoms with E-state index in [4.69, 9.17) is 0 Å². The van der Waals surface area contributed by atoms with E-state index in [1.54, 1.807) is 9.75 Å². The molecule has 110 valence electrons. The molecule has 1 N–H and O–H groups in total. The molecular weight excluding hydrogens is 266 g/mol. The molecule has 3 atom stereocenters. The monoisotopic (exact) mass is 291 g/mol. The van der Waals surface area contributed by atoms with Crippen LogP contribution in [0.4, 0.5) is 0 Å². The zero-order chi connectivity index (χ0) is 13.5. The van der Waals surface area contributed by atoms with Gasteiger partial charge in [0.25, 0.3) is 0 Å². The van der Waals surface area contributed by atoms with Crippen LogP contribution >= 0.6 is 11.3 Å². The molecule has 20 heavy (non-hydrogen) atoms. The lowest BCUT2D eigenvalue weighted by Gasteiger charge is -2.16. The van der Waals surface area contributed by atoms with E-state index in [1.165, 1.54) is 38.8 Å². The lowest BCUT2D eigenvalue weighted by Crippen LogP contribution is -2.22. The molecule has 2 heterocycles. The van der Waals surface area contributed by atoms with Crippen molar-refractivity contribution in [2.45, 2.75) is 57.1 Å². The quantitative estimate of drug-likeness (QED) is 0.919. The first-order valence-electron chi connectivity index (χ1n) is 8.27. The number of nitrogens with zero attached hydrogens (tertiary/aromatic N) is 1. The summed E-state index contributed by atoms with van der Waals surface area (Å²) in [5.41, 5.74) is 0. The van der Waals surface area contributed by atoms with E-state index in [1.807, 2.05) is 0 Å². The molecule has 1 aliphatic heterocycles. The molecule has 3 heteroatoms. The van der Waals surface area contributed by atoms with Crippen LogP contribution in [0.5, 0.6) is 0 Å². The third-order valence-corrected chi connectivity index (χ3v) is 6.85. The van der Waals surface area contributed by atoms with Gasteiger partial charge in [0.05, 0.1) is 6.10 Å². The molecule has 2 aliphatic carbocycles. The van der Waals surface area contributed by atoms with Crippen LogP contribution in [-0.4, -0.2) is 29.2 Å². The van der Waals surface area contributed by atoms with Crippen molar-refractivity contribution in [2.24, 2.45) is 11.8 Å². The van der Waals surface area contributed by atoms with Gasteiger partial charge in [0, 0.05) is 29.4 Å². The summed E-state index contributed by atoms with van der Waals surface area (Å²) in [6, 6.07) is 4.75. The van der Waals surface area contributed by atoms with Crippen LogP contribution in [0.25, 0.3) is 0 Å². The molecule has 1 unspecified atom stereocenters. The highest BCUT2D eigenvalue weighted by Gasteiger charge is 2.40. The number of likely N-dealkylation sites (tertiary alicyclic amines) is 1. The predicted molar refractivity (Wildman–Crippen MR) is 83.0 cm³/mol. The molecule has 0 amide bonds. The summed E-state index contributed by atoms with van der Waals surface area (Å²) in [5, 5.41) is 9.72. The van der Waals surface area contributed by atoms with Crippen molar-refractivity contribution in [2.75, 3.05) is 13.1 Å². The maximum absolute atomic E-state index is 9.72. The van der Waals surface area contributed by atoms with E-state index >= 15 is 0 Å². The minimum atomic E-state index is -0.0112. The maximum atomic E-state index is 9.72. The molecule has 3 fully saturated rings. The summed E-state index contributed by atoms with van der Waals surface area (Å²) in [5.74, 6) is 2.39. The molecule has 1 aromatic rings. The molecule has 4 rings (SSSR count). The summed E-state index contributed by atoms with van der Waals surface area (Å²) in [6.45, 7) is 3.55. The van der Waals surface area contributed by atoms with Crippen molar-refractivity contribution in [1.29, 1.82) is 0 Å². The Morgan fingerprint density at radius 2 is 1.80 bits per heavy atom. The first-order chi connectivity index (χ1) is 9.78. The van der Waals surface area contributed by atoms with Gasteiger partial charge < -0.3 is 5.11 Å². The van der Waals surface area contributed by atoms with E-state index in [-0.39, 0.29) is 6.10 Å². The molecule has 2 nitrogen and oxygen atoms in total. The molecule has 0 spiro atoms. The largest absolute Gasteiger partial charge is 0.393 e. The fourth-order valence-corrected chi connectivity index (χ4v) is 5.85. The van der Waals surface area contributed by atoms with Crippen LogP contribution in [0.1, 0.15) is 54.2 Å². The Morgan fingerprint density at radius 1 is 1.10 bits per heavy atom. The van der Waals surface area contributed by atoms with Crippen LogP contribution in [-0.2, 0) is 6.54 Å². The van der Waals surface area contributed by atoms with Gasteiger partial charge in [-0.1, -0.05) is 12.8 Å². The van der Waals surface area contributed by atoms with Crippen LogP contribution in [0.3, 0.4) is 0 Å². The zero-order valence-electron chi connectivity index (χ0n) is 12.1. The highest BCUT2D eigenvalue weighted by molar-refractivity contribution is 7.12. The average Bonchev–Trinajstić information content (AvgIpc) is 3.12. The minimum absolute atomic E-state index is 0.0112. The van der Waals surface area contributed by atoms with E-state index in [0.29, 0.717) is 0 Å². The maximum Gasteiger partial charge on any atom is 0.0546 e. The summed E-state index contributed by atoms with van der Waals surface area (Å²) < 4.78 is 0. The first-order valence-corrected chi connectivity index (χ1v) is 9.08. The molecule has 0 bridgehead atoms. The number of hydrogen-bond acceptors (Lipinski definition) is 3. The van der Waals surface area contributed by atoms with Gasteiger partial charge in [-0.3, -0.25) is 4.90 Å². The van der Waals surface area contributed by atoms with Crippen molar-refractivity contribution in [3.05, 3.63) is 21.9 Å². The number of hydrogen-bond donors (Lipinski definition) is 1. The van der Waals surface area contributed by atoms with E-state index < -0.39 is 0 Å². The highest BCUT2D eigenvalue weighted by atomic mass is 32.1. The topological polar surface area (TPSA) is 23.5 Å². The highest BCUT2D eigenvalue weighted by Crippen LogP contribution is 2.40. The Balaban J connectivity index is 1.36. The average molecular weight is 291 g/mol. The lowest BCUT2D eigenvalue weighted by atomic mass is 10.0. The fraction of sp³-hybridized carbons (Fsp3) is 0.765. The van der Waals surface area contributed by atoms with E-state index in [2.05, 4.69) is 28.4 Å². The van der Waals surface area contributed by atoms with Crippen LogP contribution in [0, 0.1) is 11.8 Å². The number of aliphatic hydroxyl groups is 1. The van der Waals surface area contributed by atoms with Gasteiger partial charge in [-0.05, 0) is 55.6 Å². The Bertz CT molecular complexity index is 451. The number of aliphatic hydroxyl groups excluding tert-OH is 1. The Morgan fingerprint density at radius 3 is 2.50 bits per heavy atom. The smallest absolute Gasteiger partial charge is 0.0546 e. The number of thiophene rings is 1. The second kappa shape index (κ2) is 5.43. The Kier molecular flexibility index (Phi) is 3.61. The third kappa shape index (κ3) is 2.56. The van der Waals surface area contributed by atoms with Crippen LogP contribution in [0.2, 0.25) is 0 Å². The second-order valence-corrected chi connectivity index (χ2v) is 8.32. The molecular formula is C17H25NOS. The van der Waals surface area contributed by atoms with Gasteiger partial charge in [-0.15, -0.1) is 11.3 Å². The van der Waals surface area contributed by atoms with Crippen molar-refractivity contribution < 1.29 is 5.11 Å². The van der Waals surface area contributed by atoms with Gasteiger partial charge in [0.1, 0.15) is 0 Å². The predicted octanol–water partition coefficient (Wildman–Crippen LogP) is 3.61. The van der Waals surface area contributed by atoms with Gasteiger partial charge in [0.2, 0.25) is 0 Å². The zero-order valence-corrected chi connectivity index (χ0v) is 12.9. The van der Waals surface area contributed by atoms with Gasteiger partial charge >= 0.3 is 0 Å². The van der Waals surface area contributed by atoms with E-state index in [9.17, 15) is 5.11 Å². The normalized spacial score (nSPS) is 35.0. The Labute approximate surface area is 125 Å². The van der Waals surface area contributed by atoms with Crippen molar-refractivity contribution in [3.8, 4) is 0 Å². The first kappa shape index (κ1) is 13.3. The van der Waals surface area contributed by atoms with Gasteiger partial charge in [-0.2, -0.15) is 0 Å². The SMILES string of the molecule is OC1C[C@@H]2CN(Cc3ccc(C4CCCC4)s3)C[C@@H]2C1. The number of fused-ring (bicyclic) bond motifs is 1. The summed E-state index contributed by atoms with van der Waals surface area (Å²) in [6.07, 6.45) is 7.74. The van der Waals surface area contributed by atoms with Crippen molar-refractivity contribution in [1.82, 2.24) is 4.90 Å². The van der Waals surface area contributed by atoms with Gasteiger partial charge in [-0.25, -0.2) is 0 Å². The lowest BCUT2D eigenvalue weighted by molar-refractivity contribution is 0.161. The Hall–Kier alpha value is -0.380. The van der Waals surface area contributed by atoms with E-state index in [0.717, 1.165) is 37.1 Å². The minimum Gasteiger partial charge on any atom is -0.393 e. The molecule has 1 saturated heterocycles. The summed E-state index contributed by atoms with van der Waals surface area (Å²) in [7, 11) is 0. The second-order valence-electron chi connectivity index (χ2n) is 7.12. The fourth-order valence-electron chi connectivity index (χ4n) is 4.62. The summed E-state index contributed by atoms with van der Waals surface area (Å²) >= 11 is 2.05. The molecule has 3 aliphatic rings. The molecule has 0 radical (unpaired) electrons. The van der Waals surface area contributed by atoms with Crippen LogP contribution in [0.15, 0.2) is 12.1 Å². The standard InChI is InChI=1S/C17H25NOS/c19-15-7-13-9-18(10-14(13)8-15)11-16-5-6-17(20-16)12-3-1-2-4-12/h5-6,12-15,19H,1-4,7-11H2/t13-,14+,15?. The number of rotatable bonds is 3. The molecule has 1 aromatic heterocycles. The third-order valence-electron chi connectivity index (χ3n) is 5.62. The van der Waals surface area contributed by atoms with Crippen molar-refractivity contribution in [3.63, 3.8) is 0 Å². The van der Waals surface area contributed by atoms with Gasteiger partial charge in [0.15, 0.2) is 0 Å². The molecule has 0 aromatic carbocycles. The van der Waals surface area contributed by atoms with Crippen LogP contribution < -0.4 is 0 Å². The summed E-state index contributed by atoms with van der Waals surface area (Å²) in [4.78, 5) is 5.80. The van der Waals surface area contributed by atoms with Crippen molar-refractivity contribution >= 4 is 11.3 Å². The molecule has 2 saturated carbocycles.